The average molecular weight is 713 g/mol. The molecule has 1 atom stereocenters. The Bertz CT molecular complexity index is 1510. The first-order valence-corrected chi connectivity index (χ1v) is 19.5. The van der Waals surface area contributed by atoms with E-state index < -0.39 is 8.07 Å². The first-order valence-electron chi connectivity index (χ1n) is 14.6. The zero-order valence-corrected chi connectivity index (χ0v) is 32.7. The third-order valence-corrected chi connectivity index (χ3v) is 10.5. The van der Waals surface area contributed by atoms with Crippen LogP contribution < -0.4 is 24.8 Å². The van der Waals surface area contributed by atoms with Gasteiger partial charge in [0.05, 0.1) is 0 Å². The second-order valence-corrected chi connectivity index (χ2v) is 20.1. The summed E-state index contributed by atoms with van der Waals surface area (Å²) >= 11 is 1.34. The third kappa shape index (κ3) is 10.8. The molecule has 0 saturated heterocycles. The van der Waals surface area contributed by atoms with Crippen LogP contribution in [0.15, 0.2) is 83.6 Å². The van der Waals surface area contributed by atoms with Crippen LogP contribution in [0.3, 0.4) is 0 Å². The molecule has 5 heteroatoms. The zero-order valence-electron chi connectivity index (χ0n) is 27.7. The van der Waals surface area contributed by atoms with Crippen molar-refractivity contribution in [3.8, 4) is 0 Å². The van der Waals surface area contributed by atoms with Crippen molar-refractivity contribution in [2.45, 2.75) is 85.9 Å². The Morgan fingerprint density at radius 2 is 1.23 bits per heavy atom. The van der Waals surface area contributed by atoms with Crippen LogP contribution in [0.5, 0.6) is 0 Å². The summed E-state index contributed by atoms with van der Waals surface area (Å²) in [7, 11) is -1.07. The van der Waals surface area contributed by atoms with E-state index in [2.05, 4.69) is 130 Å². The number of benzene rings is 3. The van der Waals surface area contributed by atoms with E-state index in [-0.39, 0.29) is 41.5 Å². The van der Waals surface area contributed by atoms with Crippen molar-refractivity contribution in [2.75, 3.05) is 0 Å². The van der Waals surface area contributed by atoms with Crippen LogP contribution in [0.1, 0.15) is 72.1 Å². The molecule has 1 unspecified atom stereocenters. The number of allylic oxidation sites excluding steroid dienone is 4. The molecule has 0 saturated carbocycles. The topological polar surface area (TPSA) is 0 Å². The number of halogens is 3. The van der Waals surface area contributed by atoms with Crippen LogP contribution in [-0.2, 0) is 35.1 Å². The zero-order chi connectivity index (χ0) is 30.8. The van der Waals surface area contributed by atoms with Gasteiger partial charge in [0.2, 0.25) is 0 Å². The Hall–Kier alpha value is -1.51. The van der Waals surface area contributed by atoms with Crippen molar-refractivity contribution in [2.24, 2.45) is 5.92 Å². The fourth-order valence-corrected chi connectivity index (χ4v) is 7.58. The van der Waals surface area contributed by atoms with Gasteiger partial charge in [-0.3, -0.25) is 6.08 Å². The molecule has 0 spiro atoms. The molecule has 43 heavy (non-hydrogen) atoms. The molecule has 4 aromatic rings. The van der Waals surface area contributed by atoms with Crippen LogP contribution in [0.25, 0.3) is 21.5 Å². The molecule has 0 nitrogen and oxygen atoms in total. The molecule has 0 fully saturated rings. The molecule has 4 aromatic carbocycles. The minimum absolute atomic E-state index is 0. The molecule has 5 rings (SSSR count). The van der Waals surface area contributed by atoms with E-state index in [9.17, 15) is 4.39 Å². The normalized spacial score (nSPS) is 14.8. The third-order valence-electron chi connectivity index (χ3n) is 7.55. The molecule has 0 amide bonds. The quantitative estimate of drug-likeness (QED) is 0.202. The van der Waals surface area contributed by atoms with Gasteiger partial charge in [-0.05, 0) is 18.9 Å². The van der Waals surface area contributed by atoms with Crippen molar-refractivity contribution in [1.82, 2.24) is 0 Å². The van der Waals surface area contributed by atoms with Crippen molar-refractivity contribution in [1.29, 1.82) is 0 Å². The second-order valence-electron chi connectivity index (χ2n) is 14.3. The molecule has 0 heterocycles. The Morgan fingerprint density at radius 1 is 0.791 bits per heavy atom. The van der Waals surface area contributed by atoms with Gasteiger partial charge in [-0.15, -0.1) is 39.7 Å². The summed E-state index contributed by atoms with van der Waals surface area (Å²) in [5, 5.41) is 7.08. The van der Waals surface area contributed by atoms with E-state index in [0.29, 0.717) is 5.92 Å². The average Bonchev–Trinajstić information content (AvgIpc) is 3.42. The van der Waals surface area contributed by atoms with Crippen molar-refractivity contribution in [3.05, 3.63) is 112 Å². The van der Waals surface area contributed by atoms with Crippen LogP contribution in [0.2, 0.25) is 19.6 Å². The molecule has 0 aliphatic heterocycles. The maximum Gasteiger partial charge on any atom is -1.00 e. The van der Waals surface area contributed by atoms with Gasteiger partial charge in [0, 0.05) is 0 Å². The van der Waals surface area contributed by atoms with E-state index in [1.165, 1.54) is 74.6 Å². The predicted molar refractivity (Wildman–Crippen MR) is 179 cm³/mol. The molecule has 0 bridgehead atoms. The van der Waals surface area contributed by atoms with E-state index in [1.807, 2.05) is 3.71 Å². The van der Waals surface area contributed by atoms with E-state index in [1.54, 1.807) is 17.3 Å². The molecule has 0 aromatic heterocycles. The van der Waals surface area contributed by atoms with Gasteiger partial charge in [-0.25, -0.2) is 10.8 Å². The molecule has 0 radical (unpaired) electrons. The molecular formula is C38H47Cl2FSiZr-2. The predicted octanol–water partition coefficient (Wildman–Crippen LogP) is 5.03. The SMILES string of the molecule is CC(C)(C)c1ccc2c(c1)[cH-]c1cc(C(C)(C)C)ccc12.CC1=[C-]C(C)C=C1[Si](C)(C)C.Fc1ccc([CH]=[Zr+2])cc1.[Cl-].[Cl-]. The maximum atomic E-state index is 12.2. The Morgan fingerprint density at radius 3 is 1.53 bits per heavy atom. The molecule has 230 valence electrons. The van der Waals surface area contributed by atoms with Gasteiger partial charge in [-0.1, -0.05) is 116 Å². The maximum absolute atomic E-state index is 12.2. The molecular weight excluding hydrogens is 666 g/mol. The standard InChI is InChI=1S/C21H25.C10H17Si.C7H5F.2ClH.Zr/c1-20(2,3)16-7-9-18-14(12-16)11-15-13-17(21(4,5)6)8-10-19(15)18;1-8-6-9(2)10(7-8)11(3,4)5;1-6-2-4-7(8)5-3-6;;;/h7-13H,1-6H3;7-8H,1-5H3;1-5H;2*1H;/q2*-1;;;;+2/p-2. The fourth-order valence-electron chi connectivity index (χ4n) is 5.16. The smallest absolute Gasteiger partial charge is 1.00 e. The van der Waals surface area contributed by atoms with Gasteiger partial charge < -0.3 is 24.8 Å². The number of rotatable bonds is 2. The van der Waals surface area contributed by atoms with Crippen molar-refractivity contribution < 1.29 is 53.4 Å². The van der Waals surface area contributed by atoms with Crippen LogP contribution in [0.4, 0.5) is 4.39 Å². The summed E-state index contributed by atoms with van der Waals surface area (Å²) in [4.78, 5) is 0. The van der Waals surface area contributed by atoms with Gasteiger partial charge in [-0.2, -0.15) is 6.08 Å². The summed E-state index contributed by atoms with van der Waals surface area (Å²) in [6, 6.07) is 22.6. The van der Waals surface area contributed by atoms with Crippen molar-refractivity contribution in [3.63, 3.8) is 0 Å². The van der Waals surface area contributed by atoms with Crippen LogP contribution in [0, 0.1) is 17.8 Å². The minimum atomic E-state index is -1.07. The fraction of sp³-hybridized carbons (Fsp3) is 0.368. The first kappa shape index (κ1) is 39.5. The number of fused-ring (bicyclic) bond motifs is 3. The molecule has 0 N–H and O–H groups in total. The summed E-state index contributed by atoms with van der Waals surface area (Å²) < 4.78 is 14.2. The first-order chi connectivity index (χ1) is 18.9. The summed E-state index contributed by atoms with van der Waals surface area (Å²) in [6.45, 7) is 25.2. The minimum Gasteiger partial charge on any atom is -1.00 e. The van der Waals surface area contributed by atoms with E-state index in [4.69, 9.17) is 0 Å². The molecule has 1 aliphatic rings. The number of hydrogen-bond donors (Lipinski definition) is 0. The van der Waals surface area contributed by atoms with Crippen molar-refractivity contribution >= 4 is 33.3 Å². The van der Waals surface area contributed by atoms with Crippen LogP contribution >= 0.6 is 0 Å². The van der Waals surface area contributed by atoms with Gasteiger partial charge in [0.1, 0.15) is 0 Å². The molecule has 1 aliphatic carbocycles. The van der Waals surface area contributed by atoms with E-state index >= 15 is 0 Å². The van der Waals surface area contributed by atoms with Gasteiger partial charge >= 0.3 is 68.0 Å². The summed E-state index contributed by atoms with van der Waals surface area (Å²) in [6.07, 6.45) is 5.81. The van der Waals surface area contributed by atoms with Gasteiger partial charge in [0.25, 0.3) is 0 Å². The second kappa shape index (κ2) is 15.7. The van der Waals surface area contributed by atoms with Gasteiger partial charge in [0.15, 0.2) is 0 Å². The summed E-state index contributed by atoms with van der Waals surface area (Å²) in [5.41, 5.74) is 5.71. The van der Waals surface area contributed by atoms with E-state index in [0.717, 1.165) is 5.56 Å². The Labute approximate surface area is 288 Å². The summed E-state index contributed by atoms with van der Waals surface area (Å²) in [5.74, 6) is 0.383. The largest absolute Gasteiger partial charge is 1.00 e. The Kier molecular flexibility index (Phi) is 14.4. The Balaban J connectivity index is 0.000000356. The number of hydrogen-bond acceptors (Lipinski definition) is 0. The van der Waals surface area contributed by atoms with Crippen LogP contribution in [-0.4, -0.2) is 11.8 Å². The monoisotopic (exact) mass is 710 g/mol.